The number of ether oxygens (including phenoxy) is 3. The van der Waals surface area contributed by atoms with Crippen molar-refractivity contribution >= 4 is 33.1 Å². The number of esters is 1. The first kappa shape index (κ1) is 22.8. The number of carbonyl (C=O) groups excluding carboxylic acids is 1. The van der Waals surface area contributed by atoms with E-state index in [-0.39, 0.29) is 18.3 Å². The van der Waals surface area contributed by atoms with Crippen LogP contribution in [-0.4, -0.2) is 49.1 Å². The number of carbonyl (C=O) groups is 1. The van der Waals surface area contributed by atoms with E-state index in [1.54, 1.807) is 36.4 Å². The lowest BCUT2D eigenvalue weighted by atomic mass is 10.2. The SMILES string of the molecule is CCCn1c(COC(=O)/C=C/c2ccc3c(c2)OCO3)nc2cc(S(=O)(=O)N(C)C)ccc21. The van der Waals surface area contributed by atoms with Crippen molar-refractivity contribution in [2.24, 2.45) is 0 Å². The van der Waals surface area contributed by atoms with Crippen molar-refractivity contribution in [3.63, 3.8) is 0 Å². The standard InChI is InChI=1S/C23H25N3O6S/c1-4-11-26-19-8-7-17(33(28,29)25(2)3)13-18(19)24-22(26)14-30-23(27)10-6-16-5-9-20-21(12-16)32-15-31-20/h5-10,12-13H,4,11,14-15H2,1-3H3/b10-6+. The molecule has 1 aliphatic rings. The minimum Gasteiger partial charge on any atom is -0.454 e. The molecule has 0 amide bonds. The van der Waals surface area contributed by atoms with Crippen LogP contribution in [0.15, 0.2) is 47.4 Å². The molecule has 0 radical (unpaired) electrons. The van der Waals surface area contributed by atoms with Crippen molar-refractivity contribution in [1.82, 2.24) is 13.9 Å². The molecule has 0 fully saturated rings. The van der Waals surface area contributed by atoms with Gasteiger partial charge < -0.3 is 18.8 Å². The highest BCUT2D eigenvalue weighted by atomic mass is 32.2. The van der Waals surface area contributed by atoms with E-state index < -0.39 is 16.0 Å². The summed E-state index contributed by atoms with van der Waals surface area (Å²) in [5.41, 5.74) is 2.11. The Hall–Kier alpha value is -3.37. The van der Waals surface area contributed by atoms with Gasteiger partial charge >= 0.3 is 5.97 Å². The van der Waals surface area contributed by atoms with Crippen molar-refractivity contribution in [1.29, 1.82) is 0 Å². The third-order valence-corrected chi connectivity index (χ3v) is 6.99. The summed E-state index contributed by atoms with van der Waals surface area (Å²) in [6, 6.07) is 10.2. The summed E-state index contributed by atoms with van der Waals surface area (Å²) in [6.07, 6.45) is 3.82. The number of hydrogen-bond acceptors (Lipinski definition) is 7. The Morgan fingerprint density at radius 1 is 1.18 bits per heavy atom. The largest absolute Gasteiger partial charge is 0.454 e. The summed E-state index contributed by atoms with van der Waals surface area (Å²) in [5.74, 6) is 1.34. The first-order valence-electron chi connectivity index (χ1n) is 10.5. The molecule has 0 aliphatic carbocycles. The Labute approximate surface area is 192 Å². The Balaban J connectivity index is 1.51. The second-order valence-corrected chi connectivity index (χ2v) is 9.82. The van der Waals surface area contributed by atoms with Crippen LogP contribution in [0.1, 0.15) is 24.7 Å². The molecule has 0 unspecified atom stereocenters. The van der Waals surface area contributed by atoms with E-state index in [1.165, 1.54) is 20.2 Å². The van der Waals surface area contributed by atoms with Gasteiger partial charge in [0.05, 0.1) is 15.9 Å². The van der Waals surface area contributed by atoms with Gasteiger partial charge in [-0.25, -0.2) is 22.5 Å². The summed E-state index contributed by atoms with van der Waals surface area (Å²) in [7, 11) is -0.608. The second-order valence-electron chi connectivity index (χ2n) is 7.67. The molecule has 9 nitrogen and oxygen atoms in total. The van der Waals surface area contributed by atoms with Crippen LogP contribution < -0.4 is 9.47 Å². The highest BCUT2D eigenvalue weighted by molar-refractivity contribution is 7.89. The number of hydrogen-bond donors (Lipinski definition) is 0. The van der Waals surface area contributed by atoms with E-state index in [4.69, 9.17) is 14.2 Å². The monoisotopic (exact) mass is 471 g/mol. The Bertz CT molecular complexity index is 1330. The lowest BCUT2D eigenvalue weighted by Gasteiger charge is -2.11. The molecule has 0 saturated carbocycles. The molecule has 33 heavy (non-hydrogen) atoms. The maximum atomic E-state index is 12.5. The fourth-order valence-electron chi connectivity index (χ4n) is 3.48. The van der Waals surface area contributed by atoms with Gasteiger partial charge in [-0.05, 0) is 48.4 Å². The van der Waals surface area contributed by atoms with E-state index in [2.05, 4.69) is 4.98 Å². The molecule has 0 saturated heterocycles. The van der Waals surface area contributed by atoms with Crippen molar-refractivity contribution < 1.29 is 27.4 Å². The highest BCUT2D eigenvalue weighted by Gasteiger charge is 2.20. The fourth-order valence-corrected chi connectivity index (χ4v) is 4.40. The number of aryl methyl sites for hydroxylation is 1. The third kappa shape index (κ3) is 4.71. The summed E-state index contributed by atoms with van der Waals surface area (Å²) in [6.45, 7) is 2.84. The zero-order valence-electron chi connectivity index (χ0n) is 18.6. The number of nitrogens with zero attached hydrogens (tertiary/aromatic N) is 3. The minimum absolute atomic E-state index is 0.0330. The fraction of sp³-hybridized carbons (Fsp3) is 0.304. The number of imidazole rings is 1. The highest BCUT2D eigenvalue weighted by Crippen LogP contribution is 2.32. The summed E-state index contributed by atoms with van der Waals surface area (Å²) in [4.78, 5) is 17.0. The van der Waals surface area contributed by atoms with E-state index in [9.17, 15) is 13.2 Å². The molecule has 2 heterocycles. The van der Waals surface area contributed by atoms with Gasteiger partial charge in [0.25, 0.3) is 0 Å². The van der Waals surface area contributed by atoms with Crippen molar-refractivity contribution in [3.8, 4) is 11.5 Å². The lowest BCUT2D eigenvalue weighted by Crippen LogP contribution is -2.22. The molecule has 2 aromatic carbocycles. The lowest BCUT2D eigenvalue weighted by molar-refractivity contribution is -0.139. The van der Waals surface area contributed by atoms with Gasteiger partial charge in [0, 0.05) is 26.7 Å². The first-order valence-corrected chi connectivity index (χ1v) is 11.9. The molecule has 0 atom stereocenters. The van der Waals surface area contributed by atoms with Crippen LogP contribution in [-0.2, 0) is 32.7 Å². The van der Waals surface area contributed by atoms with Crippen LogP contribution in [0.25, 0.3) is 17.1 Å². The topological polar surface area (TPSA) is 100.0 Å². The Morgan fingerprint density at radius 3 is 2.73 bits per heavy atom. The molecule has 3 aromatic rings. The van der Waals surface area contributed by atoms with Gasteiger partial charge in [-0.2, -0.15) is 0 Å². The zero-order valence-corrected chi connectivity index (χ0v) is 19.5. The molecule has 4 rings (SSSR count). The number of rotatable bonds is 8. The Kier molecular flexibility index (Phi) is 6.39. The van der Waals surface area contributed by atoms with E-state index in [1.807, 2.05) is 17.6 Å². The van der Waals surface area contributed by atoms with E-state index in [0.29, 0.717) is 29.4 Å². The quantitative estimate of drug-likeness (QED) is 0.367. The normalized spacial score (nSPS) is 13.3. The van der Waals surface area contributed by atoms with Gasteiger partial charge in [0.2, 0.25) is 16.8 Å². The van der Waals surface area contributed by atoms with E-state index >= 15 is 0 Å². The molecule has 174 valence electrons. The smallest absolute Gasteiger partial charge is 0.331 e. The number of fused-ring (bicyclic) bond motifs is 2. The molecular formula is C23H25N3O6S. The predicted molar refractivity (Wildman–Crippen MR) is 122 cm³/mol. The van der Waals surface area contributed by atoms with Crippen molar-refractivity contribution in [3.05, 3.63) is 53.9 Å². The number of sulfonamides is 1. The second kappa shape index (κ2) is 9.24. The summed E-state index contributed by atoms with van der Waals surface area (Å²) >= 11 is 0. The molecule has 10 heteroatoms. The van der Waals surface area contributed by atoms with Crippen LogP contribution >= 0.6 is 0 Å². The Morgan fingerprint density at radius 2 is 1.97 bits per heavy atom. The van der Waals surface area contributed by atoms with Crippen LogP contribution in [0.2, 0.25) is 0 Å². The van der Waals surface area contributed by atoms with Crippen LogP contribution in [0.4, 0.5) is 0 Å². The van der Waals surface area contributed by atoms with Crippen LogP contribution in [0.3, 0.4) is 0 Å². The van der Waals surface area contributed by atoms with E-state index in [0.717, 1.165) is 21.8 Å². The van der Waals surface area contributed by atoms with Gasteiger partial charge in [0.1, 0.15) is 12.4 Å². The molecule has 0 N–H and O–H groups in total. The maximum absolute atomic E-state index is 12.5. The number of benzene rings is 2. The van der Waals surface area contributed by atoms with Gasteiger partial charge in [-0.15, -0.1) is 0 Å². The van der Waals surface area contributed by atoms with Crippen LogP contribution in [0, 0.1) is 0 Å². The molecular weight excluding hydrogens is 446 g/mol. The van der Waals surface area contributed by atoms with Crippen molar-refractivity contribution in [2.45, 2.75) is 31.4 Å². The maximum Gasteiger partial charge on any atom is 0.331 e. The molecule has 1 aromatic heterocycles. The summed E-state index contributed by atoms with van der Waals surface area (Å²) in [5, 5.41) is 0. The molecule has 0 bridgehead atoms. The third-order valence-electron chi connectivity index (χ3n) is 5.18. The van der Waals surface area contributed by atoms with Gasteiger partial charge in [0.15, 0.2) is 11.5 Å². The number of aromatic nitrogens is 2. The average molecular weight is 472 g/mol. The van der Waals surface area contributed by atoms with Crippen molar-refractivity contribution in [2.75, 3.05) is 20.9 Å². The average Bonchev–Trinajstić information content (AvgIpc) is 3.40. The van der Waals surface area contributed by atoms with Crippen LogP contribution in [0.5, 0.6) is 11.5 Å². The van der Waals surface area contributed by atoms with Gasteiger partial charge in [-0.1, -0.05) is 13.0 Å². The zero-order chi connectivity index (χ0) is 23.6. The predicted octanol–water partition coefficient (Wildman–Crippen LogP) is 3.18. The minimum atomic E-state index is -3.57. The summed E-state index contributed by atoms with van der Waals surface area (Å²) < 4.78 is 44.0. The van der Waals surface area contributed by atoms with Gasteiger partial charge in [-0.3, -0.25) is 0 Å². The molecule has 1 aliphatic heterocycles. The first-order chi connectivity index (χ1) is 15.8. The molecule has 0 spiro atoms.